The lowest BCUT2D eigenvalue weighted by Crippen LogP contribution is -2.04. The van der Waals surface area contributed by atoms with Crippen LogP contribution < -0.4 is 0 Å². The number of benzene rings is 1. The molecule has 0 amide bonds. The third-order valence-electron chi connectivity index (χ3n) is 4.20. The maximum absolute atomic E-state index is 11.2. The Kier molecular flexibility index (Phi) is 3.95. The van der Waals surface area contributed by atoms with E-state index in [1.165, 1.54) is 32.1 Å². The van der Waals surface area contributed by atoms with E-state index >= 15 is 0 Å². The highest BCUT2D eigenvalue weighted by molar-refractivity contribution is 5.92. The second kappa shape index (κ2) is 5.88. The van der Waals surface area contributed by atoms with Crippen molar-refractivity contribution in [1.82, 2.24) is 9.55 Å². The summed E-state index contributed by atoms with van der Waals surface area (Å²) in [6.45, 7) is 3.16. The Hall–Kier alpha value is -1.84. The fourth-order valence-electron chi connectivity index (χ4n) is 2.86. The monoisotopic (exact) mass is 286 g/mol. The van der Waals surface area contributed by atoms with Crippen molar-refractivity contribution in [2.45, 2.75) is 57.9 Å². The number of carboxylic acids is 1. The summed E-state index contributed by atoms with van der Waals surface area (Å²) in [6, 6.07) is 5.26. The zero-order chi connectivity index (χ0) is 14.8. The van der Waals surface area contributed by atoms with Crippen molar-refractivity contribution in [3.05, 3.63) is 29.6 Å². The third kappa shape index (κ3) is 2.94. The van der Waals surface area contributed by atoms with Crippen LogP contribution >= 0.6 is 0 Å². The lowest BCUT2D eigenvalue weighted by Gasteiger charge is -2.08. The van der Waals surface area contributed by atoms with Crippen molar-refractivity contribution < 1.29 is 9.90 Å². The van der Waals surface area contributed by atoms with Gasteiger partial charge in [0, 0.05) is 12.5 Å². The van der Waals surface area contributed by atoms with Crippen LogP contribution in [0.4, 0.5) is 0 Å². The van der Waals surface area contributed by atoms with Gasteiger partial charge in [0.05, 0.1) is 16.6 Å². The first kappa shape index (κ1) is 14.1. The molecule has 1 aliphatic rings. The number of fused-ring (bicyclic) bond motifs is 1. The summed E-state index contributed by atoms with van der Waals surface area (Å²) in [5.41, 5.74) is 2.25. The normalized spacial score (nSPS) is 14.7. The van der Waals surface area contributed by atoms with Gasteiger partial charge in [-0.05, 0) is 37.5 Å². The molecule has 0 aliphatic heterocycles. The Morgan fingerprint density at radius 2 is 2.14 bits per heavy atom. The summed E-state index contributed by atoms with van der Waals surface area (Å²) in [5.74, 6) is 0.865. The molecule has 1 saturated carbocycles. The minimum atomic E-state index is -0.872. The summed E-state index contributed by atoms with van der Waals surface area (Å²) < 4.78 is 2.26. The number of hydrogen-bond acceptors (Lipinski definition) is 2. The zero-order valence-electron chi connectivity index (χ0n) is 12.5. The van der Waals surface area contributed by atoms with Gasteiger partial charge in [0.25, 0.3) is 0 Å². The molecule has 1 aliphatic carbocycles. The Bertz CT molecular complexity index is 656. The van der Waals surface area contributed by atoms with Gasteiger partial charge < -0.3 is 9.67 Å². The maximum atomic E-state index is 11.2. The van der Waals surface area contributed by atoms with E-state index in [4.69, 9.17) is 4.98 Å². The standard InChI is InChI=1S/C17H22N2O2/c1-2-3-4-5-10-19-15-11-13(17(20)21)8-9-14(15)18-16(19)12-6-7-12/h8-9,11-12H,2-7,10H2,1H3,(H,20,21). The molecule has 0 unspecified atom stereocenters. The predicted molar refractivity (Wildman–Crippen MR) is 82.8 cm³/mol. The molecule has 1 heterocycles. The van der Waals surface area contributed by atoms with Gasteiger partial charge >= 0.3 is 5.97 Å². The van der Waals surface area contributed by atoms with Crippen molar-refractivity contribution >= 4 is 17.0 Å². The average molecular weight is 286 g/mol. The summed E-state index contributed by atoms with van der Waals surface area (Å²) in [7, 11) is 0. The SMILES string of the molecule is CCCCCCn1c(C2CC2)nc2ccc(C(=O)O)cc21. The van der Waals surface area contributed by atoms with E-state index in [9.17, 15) is 9.90 Å². The molecule has 0 atom stereocenters. The largest absolute Gasteiger partial charge is 0.478 e. The van der Waals surface area contributed by atoms with Gasteiger partial charge in [-0.25, -0.2) is 9.78 Å². The van der Waals surface area contributed by atoms with E-state index in [1.54, 1.807) is 12.1 Å². The zero-order valence-corrected chi connectivity index (χ0v) is 12.5. The number of nitrogens with zero attached hydrogens (tertiary/aromatic N) is 2. The minimum absolute atomic E-state index is 0.347. The number of carboxylic acid groups (broad SMARTS) is 1. The molecule has 2 aromatic rings. The van der Waals surface area contributed by atoms with Crippen LogP contribution in [-0.4, -0.2) is 20.6 Å². The number of aromatic nitrogens is 2. The number of aromatic carboxylic acids is 1. The highest BCUT2D eigenvalue weighted by atomic mass is 16.4. The summed E-state index contributed by atoms with van der Waals surface area (Å²) in [4.78, 5) is 15.9. The Morgan fingerprint density at radius 3 is 2.81 bits per heavy atom. The highest BCUT2D eigenvalue weighted by Gasteiger charge is 2.29. The van der Waals surface area contributed by atoms with Gasteiger partial charge in [-0.15, -0.1) is 0 Å². The summed E-state index contributed by atoms with van der Waals surface area (Å²) in [6.07, 6.45) is 7.26. The number of hydrogen-bond donors (Lipinski definition) is 1. The van der Waals surface area contributed by atoms with Gasteiger partial charge in [0.2, 0.25) is 0 Å². The van der Waals surface area contributed by atoms with E-state index in [0.29, 0.717) is 11.5 Å². The predicted octanol–water partition coefficient (Wildman–Crippen LogP) is 4.19. The van der Waals surface area contributed by atoms with Crippen molar-refractivity contribution in [2.75, 3.05) is 0 Å². The van der Waals surface area contributed by atoms with E-state index in [2.05, 4.69) is 11.5 Å². The number of aryl methyl sites for hydroxylation is 1. The summed E-state index contributed by atoms with van der Waals surface area (Å²) in [5, 5.41) is 9.18. The van der Waals surface area contributed by atoms with Crippen LogP contribution in [0, 0.1) is 0 Å². The van der Waals surface area contributed by atoms with Crippen molar-refractivity contribution in [2.24, 2.45) is 0 Å². The molecule has 1 fully saturated rings. The molecule has 1 aromatic heterocycles. The number of unbranched alkanes of at least 4 members (excludes halogenated alkanes) is 3. The molecule has 0 saturated heterocycles. The Balaban J connectivity index is 1.94. The second-order valence-electron chi connectivity index (χ2n) is 5.97. The highest BCUT2D eigenvalue weighted by Crippen LogP contribution is 2.40. The fraction of sp³-hybridized carbons (Fsp3) is 0.529. The van der Waals surface area contributed by atoms with Crippen LogP contribution in [0.3, 0.4) is 0 Å². The number of imidazole rings is 1. The fourth-order valence-corrected chi connectivity index (χ4v) is 2.86. The molecule has 0 spiro atoms. The molecule has 4 heteroatoms. The second-order valence-corrected chi connectivity index (χ2v) is 5.97. The molecular weight excluding hydrogens is 264 g/mol. The first-order chi connectivity index (χ1) is 10.2. The molecule has 112 valence electrons. The van der Waals surface area contributed by atoms with Gasteiger partial charge in [0.15, 0.2) is 0 Å². The first-order valence-electron chi connectivity index (χ1n) is 7.94. The number of rotatable bonds is 7. The first-order valence-corrected chi connectivity index (χ1v) is 7.94. The maximum Gasteiger partial charge on any atom is 0.335 e. The molecule has 1 N–H and O–H groups in total. The van der Waals surface area contributed by atoms with Gasteiger partial charge in [0.1, 0.15) is 5.82 Å². The van der Waals surface area contributed by atoms with Crippen LogP contribution in [0.1, 0.15) is 67.5 Å². The minimum Gasteiger partial charge on any atom is -0.478 e. The van der Waals surface area contributed by atoms with Crippen LogP contribution in [0.25, 0.3) is 11.0 Å². The Labute approximate surface area is 124 Å². The average Bonchev–Trinajstić information content (AvgIpc) is 3.25. The van der Waals surface area contributed by atoms with Crippen LogP contribution in [0.15, 0.2) is 18.2 Å². The quantitative estimate of drug-likeness (QED) is 0.776. The van der Waals surface area contributed by atoms with Crippen LogP contribution in [-0.2, 0) is 6.54 Å². The van der Waals surface area contributed by atoms with Gasteiger partial charge in [-0.1, -0.05) is 26.2 Å². The van der Waals surface area contributed by atoms with Crippen LogP contribution in [0.2, 0.25) is 0 Å². The van der Waals surface area contributed by atoms with Crippen molar-refractivity contribution in [3.63, 3.8) is 0 Å². The molecular formula is C17H22N2O2. The number of carbonyl (C=O) groups is 1. The molecule has 21 heavy (non-hydrogen) atoms. The summed E-state index contributed by atoms with van der Waals surface area (Å²) >= 11 is 0. The van der Waals surface area contributed by atoms with Gasteiger partial charge in [-0.3, -0.25) is 0 Å². The van der Waals surface area contributed by atoms with Crippen LogP contribution in [0.5, 0.6) is 0 Å². The lowest BCUT2D eigenvalue weighted by molar-refractivity contribution is 0.0697. The van der Waals surface area contributed by atoms with Crippen molar-refractivity contribution in [3.8, 4) is 0 Å². The molecule has 0 bridgehead atoms. The molecule has 0 radical (unpaired) electrons. The van der Waals surface area contributed by atoms with E-state index in [0.717, 1.165) is 29.8 Å². The molecule has 1 aromatic carbocycles. The lowest BCUT2D eigenvalue weighted by atomic mass is 10.2. The topological polar surface area (TPSA) is 55.1 Å². The third-order valence-corrected chi connectivity index (χ3v) is 4.20. The Morgan fingerprint density at radius 1 is 1.33 bits per heavy atom. The van der Waals surface area contributed by atoms with Gasteiger partial charge in [-0.2, -0.15) is 0 Å². The smallest absolute Gasteiger partial charge is 0.335 e. The molecule has 3 rings (SSSR count). The van der Waals surface area contributed by atoms with E-state index in [-0.39, 0.29) is 0 Å². The van der Waals surface area contributed by atoms with E-state index < -0.39 is 5.97 Å². The molecule has 4 nitrogen and oxygen atoms in total. The van der Waals surface area contributed by atoms with E-state index in [1.807, 2.05) is 6.07 Å². The van der Waals surface area contributed by atoms with Crippen molar-refractivity contribution in [1.29, 1.82) is 0 Å².